The molecule has 0 bridgehead atoms. The van der Waals surface area contributed by atoms with Gasteiger partial charge in [-0.25, -0.2) is 0 Å². The second-order valence-electron chi connectivity index (χ2n) is 6.28. The zero-order chi connectivity index (χ0) is 14.0. The van der Waals surface area contributed by atoms with Gasteiger partial charge in [0.25, 0.3) is 0 Å². The average Bonchev–Trinajstić information content (AvgIpc) is 2.64. The monoisotopic (exact) mass is 268 g/mol. The highest BCUT2D eigenvalue weighted by atomic mass is 16.5. The van der Waals surface area contributed by atoms with Crippen molar-refractivity contribution in [3.63, 3.8) is 0 Å². The summed E-state index contributed by atoms with van der Waals surface area (Å²) in [6.45, 7) is 6.20. The van der Waals surface area contributed by atoms with Gasteiger partial charge in [-0.3, -0.25) is 4.79 Å². The molecule has 1 amide bonds. The Morgan fingerprint density at radius 3 is 2.05 bits per heavy atom. The molecule has 2 N–H and O–H groups in total. The number of carbonyl (C=O) groups excluding carboxylic acids is 1. The fourth-order valence-corrected chi connectivity index (χ4v) is 3.54. The first kappa shape index (κ1) is 14.8. The maximum Gasteiger partial charge on any atom is 0.226 e. The average molecular weight is 268 g/mol. The fourth-order valence-electron chi connectivity index (χ4n) is 3.54. The van der Waals surface area contributed by atoms with Crippen molar-refractivity contribution in [2.45, 2.75) is 70.7 Å². The van der Waals surface area contributed by atoms with Crippen molar-refractivity contribution in [1.82, 2.24) is 10.6 Å². The van der Waals surface area contributed by atoms with Crippen LogP contribution in [0.4, 0.5) is 0 Å². The highest BCUT2D eigenvalue weighted by molar-refractivity contribution is 5.80. The molecular formula is C15H28N2O2. The van der Waals surface area contributed by atoms with Crippen LogP contribution in [0, 0.1) is 11.8 Å². The summed E-state index contributed by atoms with van der Waals surface area (Å²) in [5.41, 5.74) is 0. The lowest BCUT2D eigenvalue weighted by molar-refractivity contribution is -0.128. The van der Waals surface area contributed by atoms with E-state index in [0.29, 0.717) is 18.0 Å². The van der Waals surface area contributed by atoms with E-state index in [1.54, 1.807) is 0 Å². The summed E-state index contributed by atoms with van der Waals surface area (Å²) in [4.78, 5) is 12.4. The van der Waals surface area contributed by atoms with Gasteiger partial charge < -0.3 is 15.4 Å². The van der Waals surface area contributed by atoms with E-state index in [1.807, 2.05) is 14.0 Å². The van der Waals surface area contributed by atoms with Gasteiger partial charge in [-0.15, -0.1) is 0 Å². The van der Waals surface area contributed by atoms with Crippen LogP contribution in [0.15, 0.2) is 0 Å². The van der Waals surface area contributed by atoms with Crippen LogP contribution in [0.1, 0.15) is 46.5 Å². The second kappa shape index (κ2) is 6.23. The van der Waals surface area contributed by atoms with Crippen LogP contribution >= 0.6 is 0 Å². The standard InChI is InChI=1S/C15H28N2O2/c1-9-10(2)19-11(3)14(9)15(18)17-13-7-5-12(16-4)6-8-13/h9-14,16H,5-8H2,1-4H3,(H,17,18). The first-order chi connectivity index (χ1) is 9.02. The Morgan fingerprint density at radius 1 is 1.00 bits per heavy atom. The normalized spacial score (nSPS) is 43.2. The molecule has 0 aromatic carbocycles. The van der Waals surface area contributed by atoms with Crippen molar-refractivity contribution in [3.05, 3.63) is 0 Å². The molecule has 4 heteroatoms. The molecular weight excluding hydrogens is 240 g/mol. The Kier molecular flexibility index (Phi) is 4.85. The molecule has 4 nitrogen and oxygen atoms in total. The van der Waals surface area contributed by atoms with Crippen LogP contribution in [-0.4, -0.2) is 37.2 Å². The van der Waals surface area contributed by atoms with E-state index in [-0.39, 0.29) is 24.0 Å². The summed E-state index contributed by atoms with van der Waals surface area (Å²) >= 11 is 0. The van der Waals surface area contributed by atoms with E-state index in [9.17, 15) is 4.79 Å². The number of nitrogens with one attached hydrogen (secondary N) is 2. The van der Waals surface area contributed by atoms with Crippen LogP contribution in [-0.2, 0) is 9.53 Å². The minimum atomic E-state index is 0.0111. The molecule has 0 aromatic heterocycles. The van der Waals surface area contributed by atoms with E-state index < -0.39 is 0 Å². The first-order valence-electron chi connectivity index (χ1n) is 7.66. The second-order valence-corrected chi connectivity index (χ2v) is 6.28. The van der Waals surface area contributed by atoms with Crippen molar-refractivity contribution >= 4 is 5.91 Å². The minimum absolute atomic E-state index is 0.0111. The molecule has 1 saturated heterocycles. The van der Waals surface area contributed by atoms with E-state index >= 15 is 0 Å². The maximum atomic E-state index is 12.4. The van der Waals surface area contributed by atoms with Crippen molar-refractivity contribution < 1.29 is 9.53 Å². The molecule has 2 fully saturated rings. The molecule has 4 atom stereocenters. The highest BCUT2D eigenvalue weighted by Gasteiger charge is 2.42. The van der Waals surface area contributed by atoms with Gasteiger partial charge in [0.2, 0.25) is 5.91 Å². The molecule has 1 heterocycles. The summed E-state index contributed by atoms with van der Waals surface area (Å²) in [6, 6.07) is 0.980. The summed E-state index contributed by atoms with van der Waals surface area (Å²) in [7, 11) is 2.02. The number of ether oxygens (including phenoxy) is 1. The van der Waals surface area contributed by atoms with Gasteiger partial charge in [-0.1, -0.05) is 6.92 Å². The predicted molar refractivity (Wildman–Crippen MR) is 75.9 cm³/mol. The Hall–Kier alpha value is -0.610. The molecule has 19 heavy (non-hydrogen) atoms. The Labute approximate surface area is 116 Å². The lowest BCUT2D eigenvalue weighted by Crippen LogP contribution is -2.45. The smallest absolute Gasteiger partial charge is 0.226 e. The quantitative estimate of drug-likeness (QED) is 0.819. The zero-order valence-corrected chi connectivity index (χ0v) is 12.6. The third-order valence-electron chi connectivity index (χ3n) is 5.03. The number of hydrogen-bond acceptors (Lipinski definition) is 3. The molecule has 2 aliphatic rings. The Bertz CT molecular complexity index is 313. The molecule has 110 valence electrons. The third-order valence-corrected chi connectivity index (χ3v) is 5.03. The van der Waals surface area contributed by atoms with Crippen LogP contribution in [0.3, 0.4) is 0 Å². The molecule has 2 rings (SSSR count). The predicted octanol–water partition coefficient (Wildman–Crippen LogP) is 1.69. The summed E-state index contributed by atoms with van der Waals surface area (Å²) in [5.74, 6) is 0.512. The fraction of sp³-hybridized carbons (Fsp3) is 0.933. The number of carbonyl (C=O) groups is 1. The number of hydrogen-bond donors (Lipinski definition) is 2. The van der Waals surface area contributed by atoms with Crippen LogP contribution in [0.5, 0.6) is 0 Å². The van der Waals surface area contributed by atoms with Gasteiger partial charge in [0.15, 0.2) is 0 Å². The van der Waals surface area contributed by atoms with Crippen molar-refractivity contribution in [3.8, 4) is 0 Å². The van der Waals surface area contributed by atoms with Gasteiger partial charge in [-0.2, -0.15) is 0 Å². The van der Waals surface area contributed by atoms with Crippen molar-refractivity contribution in [1.29, 1.82) is 0 Å². The van der Waals surface area contributed by atoms with Crippen LogP contribution < -0.4 is 10.6 Å². The summed E-state index contributed by atoms with van der Waals surface area (Å²) in [5, 5.41) is 6.56. The first-order valence-corrected chi connectivity index (χ1v) is 7.66. The van der Waals surface area contributed by atoms with Gasteiger partial charge >= 0.3 is 0 Å². The SMILES string of the molecule is CNC1CCC(NC(=O)C2C(C)OC(C)C2C)CC1. The highest BCUT2D eigenvalue weighted by Crippen LogP contribution is 2.32. The Morgan fingerprint density at radius 2 is 1.58 bits per heavy atom. The van der Waals surface area contributed by atoms with Crippen LogP contribution in [0.2, 0.25) is 0 Å². The molecule has 1 aliphatic heterocycles. The molecule has 0 aromatic rings. The largest absolute Gasteiger partial charge is 0.374 e. The molecule has 1 saturated carbocycles. The van der Waals surface area contributed by atoms with Gasteiger partial charge in [-0.05, 0) is 52.5 Å². The summed E-state index contributed by atoms with van der Waals surface area (Å²) < 4.78 is 5.76. The zero-order valence-electron chi connectivity index (χ0n) is 12.6. The van der Waals surface area contributed by atoms with E-state index in [0.717, 1.165) is 25.7 Å². The third kappa shape index (κ3) is 3.29. The van der Waals surface area contributed by atoms with Gasteiger partial charge in [0.05, 0.1) is 18.1 Å². The van der Waals surface area contributed by atoms with E-state index in [4.69, 9.17) is 4.74 Å². The lowest BCUT2D eigenvalue weighted by Gasteiger charge is -2.30. The van der Waals surface area contributed by atoms with Gasteiger partial charge in [0, 0.05) is 12.1 Å². The van der Waals surface area contributed by atoms with Crippen molar-refractivity contribution in [2.75, 3.05) is 7.05 Å². The topological polar surface area (TPSA) is 50.4 Å². The molecule has 0 radical (unpaired) electrons. The molecule has 4 unspecified atom stereocenters. The van der Waals surface area contributed by atoms with Crippen molar-refractivity contribution in [2.24, 2.45) is 11.8 Å². The molecule has 1 aliphatic carbocycles. The van der Waals surface area contributed by atoms with E-state index in [2.05, 4.69) is 24.5 Å². The van der Waals surface area contributed by atoms with Gasteiger partial charge in [0.1, 0.15) is 0 Å². The number of rotatable bonds is 3. The summed E-state index contributed by atoms with van der Waals surface area (Å²) in [6.07, 6.45) is 4.71. The minimum Gasteiger partial charge on any atom is -0.374 e. The van der Waals surface area contributed by atoms with E-state index in [1.165, 1.54) is 0 Å². The van der Waals surface area contributed by atoms with Crippen LogP contribution in [0.25, 0.3) is 0 Å². The lowest BCUT2D eigenvalue weighted by atomic mass is 9.87. The number of amides is 1. The Balaban J connectivity index is 1.84. The molecule has 0 spiro atoms. The maximum absolute atomic E-state index is 12.4.